The molecule has 0 saturated heterocycles. The average Bonchev–Trinajstić information content (AvgIpc) is 3.13. The van der Waals surface area contributed by atoms with E-state index in [1.807, 2.05) is 0 Å². The van der Waals surface area contributed by atoms with Crippen molar-refractivity contribution < 1.29 is 86.9 Å². The van der Waals surface area contributed by atoms with Crippen molar-refractivity contribution in [2.24, 2.45) is 0 Å². The van der Waals surface area contributed by atoms with Gasteiger partial charge in [0.05, 0.1) is 27.8 Å². The van der Waals surface area contributed by atoms with Crippen molar-refractivity contribution in [2.75, 3.05) is 0 Å². The van der Waals surface area contributed by atoms with Gasteiger partial charge in [0.1, 0.15) is 0 Å². The quantitative estimate of drug-likeness (QED) is 0.130. The summed E-state index contributed by atoms with van der Waals surface area (Å²) in [5.41, 5.74) is -12.0. The van der Waals surface area contributed by atoms with Crippen molar-refractivity contribution >= 4 is 0 Å². The number of alkyl halides is 15. The molecule has 0 atom stereocenters. The Balaban J connectivity index is 0.000000254. The van der Waals surface area contributed by atoms with Gasteiger partial charge in [0.2, 0.25) is 0 Å². The monoisotopic (exact) mass is 1010 g/mol. The molecule has 0 aliphatic rings. The summed E-state index contributed by atoms with van der Waals surface area (Å²) in [6, 6.07) is 22.4. The second-order valence-electron chi connectivity index (χ2n) is 12.0. The Morgan fingerprint density at radius 2 is 0.776 bits per heavy atom. The van der Waals surface area contributed by atoms with Gasteiger partial charge in [-0.1, -0.05) is 35.4 Å². The van der Waals surface area contributed by atoms with Gasteiger partial charge in [-0.25, -0.2) is 0 Å². The molecule has 4 aromatic carbocycles. The van der Waals surface area contributed by atoms with Crippen molar-refractivity contribution in [1.82, 2.24) is 9.97 Å². The van der Waals surface area contributed by atoms with E-state index in [2.05, 4.69) is 22.1 Å². The van der Waals surface area contributed by atoms with Gasteiger partial charge in [-0.3, -0.25) is 0 Å². The second-order valence-corrected chi connectivity index (χ2v) is 12.0. The Hall–Kier alpha value is -5.18. The molecule has 0 fully saturated rings. The van der Waals surface area contributed by atoms with Crippen LogP contribution < -0.4 is 0 Å². The number of benzene rings is 4. The molecule has 2 heterocycles. The number of nitrogens with zero attached hydrogens (tertiary/aromatic N) is 2. The number of aromatic nitrogens is 2. The minimum atomic E-state index is -5.49. The van der Waals surface area contributed by atoms with Gasteiger partial charge in [0.15, 0.2) is 0 Å². The molecule has 0 N–H and O–H groups in total. The van der Waals surface area contributed by atoms with Gasteiger partial charge in [-0.2, -0.15) is 65.9 Å². The standard InChI is InChI=1S/C20H9F9N.C20H12F6N.Pt/c21-18(22,23)11-9-14(19(24,25)26)17(15(10-11)20(27,28)29)13-6-2-1-5-12(13)16-7-3-4-8-30-16;1-12-10-15(19(21,22)23)18(16(11-12)20(24,25)26)14-7-3-2-6-13(14)17-8-4-5-9-27-17;/h1-4,6-10H;2-5,7-11H,1H3;/q2*-1;+2. The Morgan fingerprint density at radius 3 is 1.07 bits per heavy atom. The van der Waals surface area contributed by atoms with Gasteiger partial charge >= 0.3 is 51.9 Å². The Bertz CT molecular complexity index is 2280. The molecule has 58 heavy (non-hydrogen) atoms. The van der Waals surface area contributed by atoms with Crippen molar-refractivity contribution in [3.63, 3.8) is 0 Å². The predicted octanol–water partition coefficient (Wildman–Crippen LogP) is 13.8. The zero-order valence-corrected chi connectivity index (χ0v) is 31.0. The minimum absolute atomic E-state index is 0. The second kappa shape index (κ2) is 17.0. The maximum absolute atomic E-state index is 13.6. The Morgan fingerprint density at radius 1 is 0.431 bits per heavy atom. The summed E-state index contributed by atoms with van der Waals surface area (Å²) in [5, 5.41) is 0. The van der Waals surface area contributed by atoms with Gasteiger partial charge in [-0.15, -0.1) is 59.7 Å². The number of rotatable bonds is 4. The molecule has 18 heteroatoms. The maximum Gasteiger partial charge on any atom is 2.00 e. The molecule has 0 aliphatic heterocycles. The molecule has 6 rings (SSSR count). The molecule has 0 radical (unpaired) electrons. The van der Waals surface area contributed by atoms with Crippen molar-refractivity contribution in [2.45, 2.75) is 37.8 Å². The minimum Gasteiger partial charge on any atom is -0.305 e. The van der Waals surface area contributed by atoms with Crippen LogP contribution in [0.3, 0.4) is 0 Å². The van der Waals surface area contributed by atoms with Gasteiger partial charge in [0, 0.05) is 12.4 Å². The molecule has 6 aromatic rings. The summed E-state index contributed by atoms with van der Waals surface area (Å²) in [7, 11) is 0. The summed E-state index contributed by atoms with van der Waals surface area (Å²) in [6.45, 7) is 1.20. The Labute approximate surface area is 333 Å². The summed E-state index contributed by atoms with van der Waals surface area (Å²) in [4.78, 5) is 7.94. The molecule has 306 valence electrons. The van der Waals surface area contributed by atoms with Crippen LogP contribution in [-0.2, 0) is 51.9 Å². The largest absolute Gasteiger partial charge is 2.00 e. The van der Waals surface area contributed by atoms with Crippen LogP contribution in [0.25, 0.3) is 44.8 Å². The smallest absolute Gasteiger partial charge is 0.305 e. The first-order chi connectivity index (χ1) is 26.4. The number of pyridine rings is 2. The van der Waals surface area contributed by atoms with Crippen LogP contribution in [0.5, 0.6) is 0 Å². The van der Waals surface area contributed by atoms with Crippen LogP contribution in [0.1, 0.15) is 33.4 Å². The molecule has 0 saturated carbocycles. The van der Waals surface area contributed by atoms with Crippen LogP contribution >= 0.6 is 0 Å². The van der Waals surface area contributed by atoms with Crippen LogP contribution in [0.4, 0.5) is 65.9 Å². The summed E-state index contributed by atoms with van der Waals surface area (Å²) in [5.74, 6) is 0. The molecule has 0 bridgehead atoms. The number of hydrogen-bond acceptors (Lipinski definition) is 2. The summed E-state index contributed by atoms with van der Waals surface area (Å²) >= 11 is 0. The molecular weight excluding hydrogens is 989 g/mol. The summed E-state index contributed by atoms with van der Waals surface area (Å²) < 4.78 is 203. The first-order valence-corrected chi connectivity index (χ1v) is 15.9. The number of halogens is 15. The van der Waals surface area contributed by atoms with E-state index < -0.39 is 75.4 Å². The number of hydrogen-bond donors (Lipinski definition) is 0. The molecule has 0 aliphatic carbocycles. The van der Waals surface area contributed by atoms with Gasteiger partial charge < -0.3 is 9.97 Å². The number of aryl methyl sites for hydroxylation is 1. The van der Waals surface area contributed by atoms with E-state index in [0.29, 0.717) is 0 Å². The van der Waals surface area contributed by atoms with Crippen molar-refractivity contribution in [3.8, 4) is 44.8 Å². The van der Waals surface area contributed by atoms with E-state index in [4.69, 9.17) is 0 Å². The first-order valence-electron chi connectivity index (χ1n) is 15.9. The molecule has 2 aromatic heterocycles. The first kappa shape index (κ1) is 45.5. The zero-order chi connectivity index (χ0) is 42.1. The molecular formula is C40H21F15N2Pt. The van der Waals surface area contributed by atoms with Crippen LogP contribution in [0.2, 0.25) is 0 Å². The van der Waals surface area contributed by atoms with E-state index >= 15 is 0 Å². The summed E-state index contributed by atoms with van der Waals surface area (Å²) in [6.07, 6.45) is -23.6. The van der Waals surface area contributed by atoms with Crippen molar-refractivity contribution in [3.05, 3.63) is 155 Å². The third-order valence-electron chi connectivity index (χ3n) is 8.06. The van der Waals surface area contributed by atoms with Crippen LogP contribution in [0.15, 0.2) is 109 Å². The molecule has 0 amide bonds. The average molecular weight is 1010 g/mol. The van der Waals surface area contributed by atoms with Crippen LogP contribution in [0, 0.1) is 19.1 Å². The fourth-order valence-corrected chi connectivity index (χ4v) is 5.80. The molecule has 0 unspecified atom stereocenters. The predicted molar refractivity (Wildman–Crippen MR) is 178 cm³/mol. The maximum atomic E-state index is 13.6. The zero-order valence-electron chi connectivity index (χ0n) is 28.8. The van der Waals surface area contributed by atoms with Gasteiger partial charge in [-0.05, 0) is 71.4 Å². The molecule has 0 spiro atoms. The van der Waals surface area contributed by atoms with E-state index in [1.165, 1.54) is 67.8 Å². The van der Waals surface area contributed by atoms with Crippen molar-refractivity contribution in [1.29, 1.82) is 0 Å². The molecule has 2 nitrogen and oxygen atoms in total. The Kier molecular flexibility index (Phi) is 13.3. The van der Waals surface area contributed by atoms with Crippen LogP contribution in [-0.4, -0.2) is 9.97 Å². The fraction of sp³-hybridized carbons (Fsp3) is 0.150. The third kappa shape index (κ3) is 10.3. The third-order valence-corrected chi connectivity index (χ3v) is 8.06. The fourth-order valence-electron chi connectivity index (χ4n) is 5.80. The van der Waals surface area contributed by atoms with E-state index in [-0.39, 0.29) is 66.8 Å². The van der Waals surface area contributed by atoms with E-state index in [0.717, 1.165) is 24.3 Å². The normalized spacial score (nSPS) is 12.3. The van der Waals surface area contributed by atoms with Gasteiger partial charge in [0.25, 0.3) is 0 Å². The van der Waals surface area contributed by atoms with E-state index in [1.54, 1.807) is 12.1 Å². The van der Waals surface area contributed by atoms with E-state index in [9.17, 15) is 65.9 Å². The topological polar surface area (TPSA) is 25.8 Å². The SMILES string of the molecule is Cc1cc(C(F)(F)F)c(-c2ccc[c-]c2-c2ccccn2)c(C(F)(F)F)c1.FC(F)(F)c1cc(C(F)(F)F)c(-c2ccc[c-]c2-c2ccccn2)c(C(F)(F)F)c1.[Pt+2].